The molecule has 1 aliphatic rings. The fourth-order valence-electron chi connectivity index (χ4n) is 2.00. The number of rotatable bonds is 3. The number of anilines is 1. The van der Waals surface area contributed by atoms with Crippen LogP contribution in [0.4, 0.5) is 5.69 Å². The molecule has 0 aliphatic carbocycles. The van der Waals surface area contributed by atoms with Gasteiger partial charge in [0.2, 0.25) is 5.91 Å². The lowest BCUT2D eigenvalue weighted by Crippen LogP contribution is -2.33. The highest BCUT2D eigenvalue weighted by atomic mass is 35.5. The Hall–Kier alpha value is -0.810. The highest BCUT2D eigenvalue weighted by Crippen LogP contribution is 2.29. The summed E-state index contributed by atoms with van der Waals surface area (Å²) in [6.07, 6.45) is 0.936. The Morgan fingerprint density at radius 2 is 2.28 bits per heavy atom. The van der Waals surface area contributed by atoms with Crippen LogP contribution >= 0.6 is 23.2 Å². The third-order valence-electron chi connectivity index (χ3n) is 2.90. The van der Waals surface area contributed by atoms with Crippen LogP contribution in [0.25, 0.3) is 0 Å². The quantitative estimate of drug-likeness (QED) is 0.894. The molecule has 1 atom stereocenters. The molecule has 1 aromatic rings. The van der Waals surface area contributed by atoms with Gasteiger partial charge >= 0.3 is 0 Å². The van der Waals surface area contributed by atoms with Gasteiger partial charge in [0.1, 0.15) is 0 Å². The fourth-order valence-corrected chi connectivity index (χ4v) is 2.35. The predicted octanol–water partition coefficient (Wildman–Crippen LogP) is 1.96. The van der Waals surface area contributed by atoms with E-state index in [0.717, 1.165) is 19.5 Å². The van der Waals surface area contributed by atoms with E-state index < -0.39 is 0 Å². The van der Waals surface area contributed by atoms with E-state index in [0.29, 0.717) is 22.3 Å². The van der Waals surface area contributed by atoms with Crippen molar-refractivity contribution in [2.24, 2.45) is 5.73 Å². The zero-order valence-corrected chi connectivity index (χ0v) is 11.3. The zero-order chi connectivity index (χ0) is 13.1. The maximum Gasteiger partial charge on any atom is 0.238 e. The Morgan fingerprint density at radius 1 is 1.50 bits per heavy atom. The Labute approximate surface area is 116 Å². The van der Waals surface area contributed by atoms with Gasteiger partial charge in [-0.3, -0.25) is 9.69 Å². The van der Waals surface area contributed by atoms with Gasteiger partial charge in [-0.1, -0.05) is 29.3 Å². The molecule has 18 heavy (non-hydrogen) atoms. The van der Waals surface area contributed by atoms with Crippen LogP contribution in [0.2, 0.25) is 10.0 Å². The molecule has 1 fully saturated rings. The minimum absolute atomic E-state index is 0.103. The number of benzene rings is 1. The molecular formula is C12H15Cl2N3O. The summed E-state index contributed by atoms with van der Waals surface area (Å²) < 4.78 is 0. The van der Waals surface area contributed by atoms with Gasteiger partial charge in [-0.2, -0.15) is 0 Å². The molecule has 1 unspecified atom stereocenters. The van der Waals surface area contributed by atoms with Gasteiger partial charge in [0, 0.05) is 19.1 Å². The third kappa shape index (κ3) is 3.36. The number of nitrogens with two attached hydrogens (primary N) is 1. The molecule has 0 saturated carbocycles. The molecule has 0 spiro atoms. The summed E-state index contributed by atoms with van der Waals surface area (Å²) in [6, 6.07) is 5.32. The Bertz CT molecular complexity index is 453. The van der Waals surface area contributed by atoms with E-state index in [2.05, 4.69) is 5.32 Å². The molecule has 3 N–H and O–H groups in total. The summed E-state index contributed by atoms with van der Waals surface area (Å²) in [6.45, 7) is 1.95. The van der Waals surface area contributed by atoms with Gasteiger partial charge in [0.15, 0.2) is 0 Å². The van der Waals surface area contributed by atoms with Gasteiger partial charge in [0.25, 0.3) is 0 Å². The van der Waals surface area contributed by atoms with Crippen LogP contribution in [0.15, 0.2) is 18.2 Å². The number of hydrogen-bond acceptors (Lipinski definition) is 3. The number of amides is 1. The lowest BCUT2D eigenvalue weighted by atomic mass is 10.3. The van der Waals surface area contributed by atoms with Crippen LogP contribution < -0.4 is 11.1 Å². The zero-order valence-electron chi connectivity index (χ0n) is 9.83. The number of likely N-dealkylation sites (tertiary alicyclic amines) is 1. The van der Waals surface area contributed by atoms with E-state index in [4.69, 9.17) is 28.9 Å². The van der Waals surface area contributed by atoms with Crippen LogP contribution in [-0.2, 0) is 4.79 Å². The van der Waals surface area contributed by atoms with Crippen molar-refractivity contribution >= 4 is 34.8 Å². The Kier molecular flexibility index (Phi) is 4.45. The molecule has 1 aromatic carbocycles. The lowest BCUT2D eigenvalue weighted by molar-refractivity contribution is -0.117. The summed E-state index contributed by atoms with van der Waals surface area (Å²) in [5.41, 5.74) is 6.32. The first-order valence-corrected chi connectivity index (χ1v) is 6.53. The van der Waals surface area contributed by atoms with E-state index in [9.17, 15) is 4.79 Å². The molecule has 1 saturated heterocycles. The first-order chi connectivity index (χ1) is 8.56. The molecule has 2 rings (SSSR count). The SMILES string of the molecule is NC1CCN(CC(=O)Nc2cccc(Cl)c2Cl)C1. The van der Waals surface area contributed by atoms with E-state index in [-0.39, 0.29) is 11.9 Å². The normalized spacial score (nSPS) is 20.1. The molecule has 0 aromatic heterocycles. The number of hydrogen-bond donors (Lipinski definition) is 2. The van der Waals surface area contributed by atoms with Gasteiger partial charge in [0.05, 0.1) is 22.3 Å². The van der Waals surface area contributed by atoms with Crippen molar-refractivity contribution in [3.63, 3.8) is 0 Å². The van der Waals surface area contributed by atoms with Crippen LogP contribution in [0.5, 0.6) is 0 Å². The smallest absolute Gasteiger partial charge is 0.238 e. The number of halogens is 2. The summed E-state index contributed by atoms with van der Waals surface area (Å²) in [5.74, 6) is -0.103. The van der Waals surface area contributed by atoms with Crippen LogP contribution in [0, 0.1) is 0 Å². The minimum atomic E-state index is -0.103. The molecule has 0 radical (unpaired) electrons. The Morgan fingerprint density at radius 3 is 2.94 bits per heavy atom. The molecule has 1 amide bonds. The highest BCUT2D eigenvalue weighted by Gasteiger charge is 2.21. The van der Waals surface area contributed by atoms with E-state index in [1.165, 1.54) is 0 Å². The maximum absolute atomic E-state index is 11.8. The standard InChI is InChI=1S/C12H15Cl2N3O/c13-9-2-1-3-10(12(9)14)16-11(18)7-17-5-4-8(15)6-17/h1-3,8H,4-7,15H2,(H,16,18). The molecule has 6 heteroatoms. The second kappa shape index (κ2) is 5.89. The van der Waals surface area contributed by atoms with Crippen molar-refractivity contribution in [1.29, 1.82) is 0 Å². The van der Waals surface area contributed by atoms with Crippen molar-refractivity contribution in [2.45, 2.75) is 12.5 Å². The van der Waals surface area contributed by atoms with Crippen LogP contribution in [0.1, 0.15) is 6.42 Å². The van der Waals surface area contributed by atoms with Gasteiger partial charge in [-0.15, -0.1) is 0 Å². The van der Waals surface area contributed by atoms with Gasteiger partial charge in [-0.25, -0.2) is 0 Å². The maximum atomic E-state index is 11.8. The molecule has 4 nitrogen and oxygen atoms in total. The average Bonchev–Trinajstić information content (AvgIpc) is 2.70. The number of nitrogens with zero attached hydrogens (tertiary/aromatic N) is 1. The van der Waals surface area contributed by atoms with Crippen molar-refractivity contribution in [2.75, 3.05) is 25.0 Å². The van der Waals surface area contributed by atoms with Gasteiger partial charge < -0.3 is 11.1 Å². The second-order valence-corrected chi connectivity index (χ2v) is 5.22. The van der Waals surface area contributed by atoms with Crippen molar-refractivity contribution < 1.29 is 4.79 Å². The predicted molar refractivity (Wildman–Crippen MR) is 74.1 cm³/mol. The third-order valence-corrected chi connectivity index (χ3v) is 3.72. The molecule has 1 heterocycles. The second-order valence-electron chi connectivity index (χ2n) is 4.43. The van der Waals surface area contributed by atoms with Crippen molar-refractivity contribution in [3.8, 4) is 0 Å². The molecule has 0 bridgehead atoms. The number of nitrogens with one attached hydrogen (secondary N) is 1. The molecule has 1 aliphatic heterocycles. The van der Waals surface area contributed by atoms with E-state index in [1.54, 1.807) is 18.2 Å². The summed E-state index contributed by atoms with van der Waals surface area (Å²) in [5, 5.41) is 3.55. The molecule has 98 valence electrons. The summed E-state index contributed by atoms with van der Waals surface area (Å²) in [7, 11) is 0. The highest BCUT2D eigenvalue weighted by molar-refractivity contribution is 6.43. The topological polar surface area (TPSA) is 58.4 Å². The first kappa shape index (κ1) is 13.6. The van der Waals surface area contributed by atoms with Crippen LogP contribution in [0.3, 0.4) is 0 Å². The van der Waals surface area contributed by atoms with Crippen molar-refractivity contribution in [3.05, 3.63) is 28.2 Å². The summed E-state index contributed by atoms with van der Waals surface area (Å²) in [4.78, 5) is 13.9. The summed E-state index contributed by atoms with van der Waals surface area (Å²) >= 11 is 11.9. The number of carbonyl (C=O) groups is 1. The monoisotopic (exact) mass is 287 g/mol. The first-order valence-electron chi connectivity index (χ1n) is 5.78. The van der Waals surface area contributed by atoms with Crippen LogP contribution in [-0.4, -0.2) is 36.5 Å². The fraction of sp³-hybridized carbons (Fsp3) is 0.417. The minimum Gasteiger partial charge on any atom is -0.326 e. The van der Waals surface area contributed by atoms with Gasteiger partial charge in [-0.05, 0) is 18.6 Å². The Balaban J connectivity index is 1.93. The van der Waals surface area contributed by atoms with Crippen molar-refractivity contribution in [1.82, 2.24) is 4.90 Å². The lowest BCUT2D eigenvalue weighted by Gasteiger charge is -2.15. The van der Waals surface area contributed by atoms with E-state index >= 15 is 0 Å². The van der Waals surface area contributed by atoms with E-state index in [1.807, 2.05) is 4.90 Å². The molecular weight excluding hydrogens is 273 g/mol. The number of carbonyl (C=O) groups excluding carboxylic acids is 1. The largest absolute Gasteiger partial charge is 0.326 e. The average molecular weight is 288 g/mol.